The molecule has 140 valence electrons. The van der Waals surface area contributed by atoms with E-state index in [0.29, 0.717) is 15.9 Å². The summed E-state index contributed by atoms with van der Waals surface area (Å²) in [5.74, 6) is 0.335. The van der Waals surface area contributed by atoms with Gasteiger partial charge in [0, 0.05) is 34.0 Å². The summed E-state index contributed by atoms with van der Waals surface area (Å²) in [7, 11) is 0. The molecule has 0 aliphatic rings. The Labute approximate surface area is 171 Å². The van der Waals surface area contributed by atoms with Crippen molar-refractivity contribution in [2.45, 2.75) is 13.3 Å². The first-order chi connectivity index (χ1) is 13.5. The first kappa shape index (κ1) is 18.5. The summed E-state index contributed by atoms with van der Waals surface area (Å²) in [6.07, 6.45) is 5.66. The fraction of sp³-hybridized carbons (Fsp3) is 0.0909. The number of anilines is 1. The van der Waals surface area contributed by atoms with Crippen molar-refractivity contribution < 1.29 is 9.21 Å². The molecule has 1 amide bonds. The number of aryl methyl sites for hydroxylation is 1. The van der Waals surface area contributed by atoms with Gasteiger partial charge in [-0.25, -0.2) is 4.98 Å². The van der Waals surface area contributed by atoms with Gasteiger partial charge in [-0.1, -0.05) is 41.4 Å². The molecule has 0 spiro atoms. The maximum atomic E-state index is 12.2. The van der Waals surface area contributed by atoms with E-state index in [2.05, 4.69) is 35.4 Å². The minimum Gasteiger partial charge on any atom is -0.457 e. The van der Waals surface area contributed by atoms with Gasteiger partial charge in [-0.15, -0.1) is 11.3 Å². The summed E-state index contributed by atoms with van der Waals surface area (Å²) in [6.45, 7) is 2.07. The molecule has 0 aliphatic carbocycles. The minimum absolute atomic E-state index is 0.255. The first-order valence-corrected chi connectivity index (χ1v) is 9.93. The molecule has 2 aromatic carbocycles. The first-order valence-electron chi connectivity index (χ1n) is 8.73. The predicted molar refractivity (Wildman–Crippen MR) is 115 cm³/mol. The zero-order valence-electron chi connectivity index (χ0n) is 15.1. The molecule has 4 aromatic rings. The quantitative estimate of drug-likeness (QED) is 0.406. The second kappa shape index (κ2) is 8.00. The number of carbonyl (C=O) groups excluding carboxylic acids is 1. The topological polar surface area (TPSA) is 55.1 Å². The Bertz CT molecular complexity index is 1180. The van der Waals surface area contributed by atoms with Crippen molar-refractivity contribution in [3.63, 3.8) is 0 Å². The Morgan fingerprint density at radius 2 is 2.14 bits per heavy atom. The Morgan fingerprint density at radius 1 is 1.25 bits per heavy atom. The highest BCUT2D eigenvalue weighted by Gasteiger charge is 2.07. The lowest BCUT2D eigenvalue weighted by Crippen LogP contribution is -2.06. The van der Waals surface area contributed by atoms with E-state index in [1.54, 1.807) is 24.4 Å². The number of hydrogen-bond donors (Lipinski definition) is 1. The van der Waals surface area contributed by atoms with Gasteiger partial charge < -0.3 is 4.42 Å². The molecule has 0 aliphatic heterocycles. The van der Waals surface area contributed by atoms with Gasteiger partial charge in [-0.2, -0.15) is 0 Å². The van der Waals surface area contributed by atoms with Crippen LogP contribution in [0, 0.1) is 6.92 Å². The summed E-state index contributed by atoms with van der Waals surface area (Å²) >= 11 is 7.45. The number of fused-ring (bicyclic) bond motifs is 1. The van der Waals surface area contributed by atoms with Gasteiger partial charge in [0.25, 0.3) is 0 Å². The number of nitrogens with one attached hydrogen (secondary N) is 1. The molecule has 2 heterocycles. The van der Waals surface area contributed by atoms with Crippen molar-refractivity contribution in [1.82, 2.24) is 4.98 Å². The molecule has 0 bridgehead atoms. The van der Waals surface area contributed by atoms with Crippen LogP contribution in [0.4, 0.5) is 5.13 Å². The fourth-order valence-electron chi connectivity index (χ4n) is 2.89. The molecule has 4 rings (SSSR count). The zero-order chi connectivity index (χ0) is 19.5. The van der Waals surface area contributed by atoms with Crippen LogP contribution in [0.1, 0.15) is 21.8 Å². The molecular formula is C22H17ClN2O2S. The summed E-state index contributed by atoms with van der Waals surface area (Å²) < 4.78 is 5.67. The van der Waals surface area contributed by atoms with Crippen LogP contribution in [-0.2, 0) is 11.2 Å². The van der Waals surface area contributed by atoms with Gasteiger partial charge in [-0.3, -0.25) is 10.1 Å². The Hall–Kier alpha value is -2.89. The highest BCUT2D eigenvalue weighted by Crippen LogP contribution is 2.24. The fourth-order valence-corrected chi connectivity index (χ4v) is 3.92. The highest BCUT2D eigenvalue weighted by molar-refractivity contribution is 7.15. The summed E-state index contributed by atoms with van der Waals surface area (Å²) in [6, 6.07) is 15.6. The molecule has 4 nitrogen and oxygen atoms in total. The van der Waals surface area contributed by atoms with Crippen molar-refractivity contribution in [2.75, 3.05) is 5.32 Å². The zero-order valence-corrected chi connectivity index (χ0v) is 16.7. The normalized spacial score (nSPS) is 11.4. The van der Waals surface area contributed by atoms with E-state index in [9.17, 15) is 4.79 Å². The maximum Gasteiger partial charge on any atom is 0.250 e. The minimum atomic E-state index is -0.255. The van der Waals surface area contributed by atoms with Crippen LogP contribution in [0.5, 0.6) is 0 Å². The standard InChI is InChI=1S/C22H17ClN2O2S/c1-14-3-2-4-15(9-14)10-19-13-24-22(28-19)25-21(26)8-6-18-12-16-11-17(23)5-7-20(16)27-18/h2-9,11-13H,10H2,1H3,(H,24,25,26)/b8-6+. The lowest BCUT2D eigenvalue weighted by atomic mass is 10.1. The number of nitrogens with zero attached hydrogens (tertiary/aromatic N) is 1. The van der Waals surface area contributed by atoms with Gasteiger partial charge in [0.05, 0.1) is 0 Å². The van der Waals surface area contributed by atoms with Gasteiger partial charge in [0.1, 0.15) is 11.3 Å². The number of carbonyl (C=O) groups is 1. The van der Waals surface area contributed by atoms with E-state index in [-0.39, 0.29) is 5.91 Å². The van der Waals surface area contributed by atoms with E-state index in [4.69, 9.17) is 16.0 Å². The van der Waals surface area contributed by atoms with Gasteiger partial charge >= 0.3 is 0 Å². The van der Waals surface area contributed by atoms with Crippen molar-refractivity contribution >= 4 is 51.0 Å². The lowest BCUT2D eigenvalue weighted by molar-refractivity contribution is -0.111. The SMILES string of the molecule is Cc1cccc(Cc2cnc(NC(=O)/C=C/c3cc4cc(Cl)ccc4o3)s2)c1. The van der Waals surface area contributed by atoms with Gasteiger partial charge in [-0.05, 0) is 42.8 Å². The summed E-state index contributed by atoms with van der Waals surface area (Å²) in [5, 5.41) is 4.91. The molecule has 0 atom stereocenters. The van der Waals surface area contributed by atoms with Crippen LogP contribution < -0.4 is 5.32 Å². The Morgan fingerprint density at radius 3 is 3.00 bits per heavy atom. The third kappa shape index (κ3) is 4.50. The number of rotatable bonds is 5. The van der Waals surface area contributed by atoms with Crippen LogP contribution in [0.25, 0.3) is 17.0 Å². The van der Waals surface area contributed by atoms with Crippen LogP contribution in [-0.4, -0.2) is 10.9 Å². The van der Waals surface area contributed by atoms with Crippen LogP contribution in [0.2, 0.25) is 5.02 Å². The molecule has 28 heavy (non-hydrogen) atoms. The number of amides is 1. The maximum absolute atomic E-state index is 12.2. The molecule has 0 fully saturated rings. The van der Waals surface area contributed by atoms with E-state index in [1.807, 2.05) is 18.2 Å². The molecule has 2 aromatic heterocycles. The predicted octanol–water partition coefficient (Wildman–Crippen LogP) is 6.09. The van der Waals surface area contributed by atoms with Crippen molar-refractivity contribution in [3.8, 4) is 0 Å². The lowest BCUT2D eigenvalue weighted by Gasteiger charge is -1.99. The molecule has 0 saturated heterocycles. The van der Waals surface area contributed by atoms with Crippen molar-refractivity contribution in [1.29, 1.82) is 0 Å². The number of thiazole rings is 1. The Kier molecular flexibility index (Phi) is 5.28. The third-order valence-corrected chi connectivity index (χ3v) is 5.29. The van der Waals surface area contributed by atoms with Crippen LogP contribution in [0.15, 0.2) is 65.2 Å². The van der Waals surface area contributed by atoms with Crippen molar-refractivity contribution in [2.24, 2.45) is 0 Å². The molecule has 0 radical (unpaired) electrons. The third-order valence-electron chi connectivity index (χ3n) is 4.14. The van der Waals surface area contributed by atoms with Gasteiger partial charge in [0.15, 0.2) is 5.13 Å². The van der Waals surface area contributed by atoms with Crippen molar-refractivity contribution in [3.05, 3.63) is 87.6 Å². The second-order valence-corrected chi connectivity index (χ2v) is 8.00. The van der Waals surface area contributed by atoms with Crippen LogP contribution >= 0.6 is 22.9 Å². The van der Waals surface area contributed by atoms with Crippen LogP contribution in [0.3, 0.4) is 0 Å². The molecule has 0 unspecified atom stereocenters. The van der Waals surface area contributed by atoms with E-state index in [1.165, 1.54) is 28.5 Å². The second-order valence-electron chi connectivity index (χ2n) is 6.45. The monoisotopic (exact) mass is 408 g/mol. The number of halogens is 1. The van der Waals surface area contributed by atoms with E-state index >= 15 is 0 Å². The number of furan rings is 1. The van der Waals surface area contributed by atoms with Gasteiger partial charge in [0.2, 0.25) is 5.91 Å². The molecular weight excluding hydrogens is 392 g/mol. The average molecular weight is 409 g/mol. The number of hydrogen-bond acceptors (Lipinski definition) is 4. The smallest absolute Gasteiger partial charge is 0.250 e. The summed E-state index contributed by atoms with van der Waals surface area (Å²) in [4.78, 5) is 17.6. The summed E-state index contributed by atoms with van der Waals surface area (Å²) in [5.41, 5.74) is 3.19. The average Bonchev–Trinajstić information content (AvgIpc) is 3.26. The van der Waals surface area contributed by atoms with E-state index in [0.717, 1.165) is 22.3 Å². The molecule has 0 saturated carbocycles. The van der Waals surface area contributed by atoms with E-state index < -0.39 is 0 Å². The number of aromatic nitrogens is 1. The highest BCUT2D eigenvalue weighted by atomic mass is 35.5. The largest absolute Gasteiger partial charge is 0.457 e. The molecule has 6 heteroatoms. The number of benzene rings is 2. The molecule has 1 N–H and O–H groups in total. The Balaban J connectivity index is 1.39.